The second-order valence-electron chi connectivity index (χ2n) is 6.40. The smallest absolute Gasteiger partial charge is 0.243 e. The fourth-order valence-electron chi connectivity index (χ4n) is 3.77. The van der Waals surface area contributed by atoms with Gasteiger partial charge in [-0.1, -0.05) is 12.8 Å². The highest BCUT2D eigenvalue weighted by Gasteiger charge is 2.48. The van der Waals surface area contributed by atoms with Gasteiger partial charge in [0.1, 0.15) is 0 Å². The lowest BCUT2D eigenvalue weighted by atomic mass is 9.95. The largest absolute Gasteiger partial charge is 0.328 e. The van der Waals surface area contributed by atoms with Crippen LogP contribution in [0, 0.1) is 5.92 Å². The molecule has 0 atom stereocenters. The molecule has 4 heteroatoms. The Balaban J connectivity index is 1.56. The maximum atomic E-state index is 12.5. The molecule has 2 saturated heterocycles. The lowest BCUT2D eigenvalue weighted by Gasteiger charge is -2.31. The van der Waals surface area contributed by atoms with Crippen molar-refractivity contribution in [3.63, 3.8) is 0 Å². The number of piperidine rings is 1. The Bertz CT molecular complexity index is 317. The second-order valence-corrected chi connectivity index (χ2v) is 6.40. The Labute approximate surface area is 110 Å². The topological polar surface area (TPSA) is 35.6 Å². The minimum Gasteiger partial charge on any atom is -0.328 e. The van der Waals surface area contributed by atoms with Gasteiger partial charge in [0.15, 0.2) is 0 Å². The van der Waals surface area contributed by atoms with Gasteiger partial charge in [-0.3, -0.25) is 10.1 Å². The van der Waals surface area contributed by atoms with Gasteiger partial charge in [-0.2, -0.15) is 0 Å². The Hall–Kier alpha value is -0.610. The molecule has 4 nitrogen and oxygen atoms in total. The molecule has 3 aliphatic rings. The molecule has 2 aliphatic heterocycles. The lowest BCUT2D eigenvalue weighted by molar-refractivity contribution is -0.133. The first-order valence-electron chi connectivity index (χ1n) is 7.43. The molecule has 0 aromatic rings. The number of carbonyl (C=O) groups is 1. The van der Waals surface area contributed by atoms with Gasteiger partial charge in [-0.05, 0) is 51.7 Å². The minimum absolute atomic E-state index is 0.161. The van der Waals surface area contributed by atoms with Gasteiger partial charge in [0, 0.05) is 6.54 Å². The molecule has 2 heterocycles. The quantitative estimate of drug-likeness (QED) is 0.796. The minimum atomic E-state index is -0.161. The van der Waals surface area contributed by atoms with Crippen LogP contribution >= 0.6 is 0 Å². The van der Waals surface area contributed by atoms with Crippen LogP contribution in [0.2, 0.25) is 0 Å². The van der Waals surface area contributed by atoms with Crippen molar-refractivity contribution >= 4 is 5.91 Å². The molecule has 1 N–H and O–H groups in total. The van der Waals surface area contributed by atoms with Crippen molar-refractivity contribution in [2.24, 2.45) is 5.92 Å². The van der Waals surface area contributed by atoms with Crippen LogP contribution in [0.1, 0.15) is 38.5 Å². The van der Waals surface area contributed by atoms with Crippen LogP contribution < -0.4 is 5.32 Å². The standard InChI is InChI=1S/C14H25N3O/c1-16-8-4-12(5-9-16)10-17-11-15-14(13(17)18)6-2-3-7-14/h12,15H,2-11H2,1H3. The molecule has 0 radical (unpaired) electrons. The Morgan fingerprint density at radius 3 is 2.61 bits per heavy atom. The van der Waals surface area contributed by atoms with Gasteiger partial charge < -0.3 is 9.80 Å². The molecule has 0 aromatic carbocycles. The van der Waals surface area contributed by atoms with E-state index in [1.54, 1.807) is 0 Å². The average molecular weight is 251 g/mol. The van der Waals surface area contributed by atoms with Crippen molar-refractivity contribution in [1.29, 1.82) is 0 Å². The molecule has 0 unspecified atom stereocenters. The van der Waals surface area contributed by atoms with E-state index in [4.69, 9.17) is 0 Å². The van der Waals surface area contributed by atoms with E-state index >= 15 is 0 Å². The van der Waals surface area contributed by atoms with Gasteiger partial charge in [0.2, 0.25) is 5.91 Å². The summed E-state index contributed by atoms with van der Waals surface area (Å²) in [6.45, 7) is 4.13. The molecule has 1 spiro atoms. The van der Waals surface area contributed by atoms with Crippen LogP contribution in [0.3, 0.4) is 0 Å². The van der Waals surface area contributed by atoms with Crippen molar-refractivity contribution in [3.8, 4) is 0 Å². The summed E-state index contributed by atoms with van der Waals surface area (Å²) in [7, 11) is 2.19. The van der Waals surface area contributed by atoms with Crippen LogP contribution in [-0.4, -0.2) is 54.6 Å². The summed E-state index contributed by atoms with van der Waals surface area (Å²) in [4.78, 5) is 17.0. The van der Waals surface area contributed by atoms with E-state index in [0.717, 1.165) is 26.1 Å². The van der Waals surface area contributed by atoms with Gasteiger partial charge >= 0.3 is 0 Å². The zero-order valence-corrected chi connectivity index (χ0v) is 11.5. The van der Waals surface area contributed by atoms with E-state index < -0.39 is 0 Å². The number of likely N-dealkylation sites (tertiary alicyclic amines) is 1. The van der Waals surface area contributed by atoms with Gasteiger partial charge in [-0.15, -0.1) is 0 Å². The highest BCUT2D eigenvalue weighted by Crippen LogP contribution is 2.35. The van der Waals surface area contributed by atoms with Gasteiger partial charge in [-0.25, -0.2) is 0 Å². The SMILES string of the molecule is CN1CCC(CN2CNC3(CCCC3)C2=O)CC1. The zero-order chi connectivity index (χ0) is 12.6. The van der Waals surface area contributed by atoms with E-state index in [2.05, 4.69) is 22.2 Å². The summed E-state index contributed by atoms with van der Waals surface area (Å²) in [5, 5.41) is 3.50. The third-order valence-electron chi connectivity index (χ3n) is 5.08. The molecule has 0 aromatic heterocycles. The summed E-state index contributed by atoms with van der Waals surface area (Å²) in [5.74, 6) is 1.10. The molecule has 1 saturated carbocycles. The van der Waals surface area contributed by atoms with Crippen molar-refractivity contribution in [2.45, 2.75) is 44.1 Å². The predicted molar refractivity (Wildman–Crippen MR) is 71.1 cm³/mol. The van der Waals surface area contributed by atoms with Crippen LogP contribution in [0.4, 0.5) is 0 Å². The molecule has 1 amide bonds. The third kappa shape index (κ3) is 2.16. The van der Waals surface area contributed by atoms with Crippen LogP contribution in [0.5, 0.6) is 0 Å². The fraction of sp³-hybridized carbons (Fsp3) is 0.929. The van der Waals surface area contributed by atoms with Gasteiger partial charge in [0.25, 0.3) is 0 Å². The molecular weight excluding hydrogens is 226 g/mol. The Kier molecular flexibility index (Phi) is 3.32. The molecule has 1 aliphatic carbocycles. The highest BCUT2D eigenvalue weighted by atomic mass is 16.2. The Morgan fingerprint density at radius 2 is 1.94 bits per heavy atom. The number of hydrogen-bond donors (Lipinski definition) is 1. The lowest BCUT2D eigenvalue weighted by Crippen LogP contribution is -2.45. The summed E-state index contributed by atoms with van der Waals surface area (Å²) < 4.78 is 0. The summed E-state index contributed by atoms with van der Waals surface area (Å²) in [5.41, 5.74) is -0.161. The number of carbonyl (C=O) groups excluding carboxylic acids is 1. The van der Waals surface area contributed by atoms with E-state index in [0.29, 0.717) is 11.8 Å². The van der Waals surface area contributed by atoms with Crippen molar-refractivity contribution < 1.29 is 4.79 Å². The Morgan fingerprint density at radius 1 is 1.28 bits per heavy atom. The average Bonchev–Trinajstić information content (AvgIpc) is 2.96. The molecule has 0 bridgehead atoms. The molecule has 3 fully saturated rings. The van der Waals surface area contributed by atoms with E-state index in [1.807, 2.05) is 0 Å². The number of nitrogens with zero attached hydrogens (tertiary/aromatic N) is 2. The summed E-state index contributed by atoms with van der Waals surface area (Å²) in [6.07, 6.45) is 7.01. The summed E-state index contributed by atoms with van der Waals surface area (Å²) >= 11 is 0. The summed E-state index contributed by atoms with van der Waals surface area (Å²) in [6, 6.07) is 0. The van der Waals surface area contributed by atoms with Crippen LogP contribution in [-0.2, 0) is 4.79 Å². The van der Waals surface area contributed by atoms with Crippen molar-refractivity contribution in [3.05, 3.63) is 0 Å². The van der Waals surface area contributed by atoms with Crippen molar-refractivity contribution in [1.82, 2.24) is 15.1 Å². The first-order chi connectivity index (χ1) is 8.70. The molecular formula is C14H25N3O. The maximum Gasteiger partial charge on any atom is 0.243 e. The first-order valence-corrected chi connectivity index (χ1v) is 7.43. The predicted octanol–water partition coefficient (Wildman–Crippen LogP) is 1.03. The third-order valence-corrected chi connectivity index (χ3v) is 5.08. The fourth-order valence-corrected chi connectivity index (χ4v) is 3.77. The molecule has 102 valence electrons. The first kappa shape index (κ1) is 12.4. The monoisotopic (exact) mass is 251 g/mol. The normalized spacial score (nSPS) is 29.6. The number of nitrogens with one attached hydrogen (secondary N) is 1. The maximum absolute atomic E-state index is 12.5. The van der Waals surface area contributed by atoms with E-state index in [-0.39, 0.29) is 5.54 Å². The number of amides is 1. The highest BCUT2D eigenvalue weighted by molar-refractivity contribution is 5.88. The number of rotatable bonds is 2. The zero-order valence-electron chi connectivity index (χ0n) is 11.5. The number of hydrogen-bond acceptors (Lipinski definition) is 3. The van der Waals surface area contributed by atoms with Crippen LogP contribution in [0.25, 0.3) is 0 Å². The second kappa shape index (κ2) is 4.82. The van der Waals surface area contributed by atoms with E-state index in [1.165, 1.54) is 38.8 Å². The van der Waals surface area contributed by atoms with Crippen LogP contribution in [0.15, 0.2) is 0 Å². The van der Waals surface area contributed by atoms with E-state index in [9.17, 15) is 4.79 Å². The molecule has 3 rings (SSSR count). The van der Waals surface area contributed by atoms with Gasteiger partial charge in [0.05, 0.1) is 12.2 Å². The molecule has 18 heavy (non-hydrogen) atoms. The van der Waals surface area contributed by atoms with Crippen molar-refractivity contribution in [2.75, 3.05) is 33.4 Å².